The van der Waals surface area contributed by atoms with E-state index >= 15 is 0 Å². The first kappa shape index (κ1) is 8.73. The predicted octanol–water partition coefficient (Wildman–Crippen LogP) is 2.34. The second kappa shape index (κ2) is 3.48. The van der Waals surface area contributed by atoms with Gasteiger partial charge in [-0.15, -0.1) is 0 Å². The van der Waals surface area contributed by atoms with Gasteiger partial charge in [0.1, 0.15) is 6.10 Å². The number of nitrogens with two attached hydrogens (primary N) is 1. The molecule has 1 fully saturated rings. The van der Waals surface area contributed by atoms with E-state index in [0.29, 0.717) is 5.92 Å². The summed E-state index contributed by atoms with van der Waals surface area (Å²) in [5.41, 5.74) is 2.48. The molecule has 0 radical (unpaired) electrons. The fourth-order valence-corrected chi connectivity index (χ4v) is 1.71. The Morgan fingerprint density at radius 2 is 2.23 bits per heavy atom. The van der Waals surface area contributed by atoms with Crippen molar-refractivity contribution >= 4 is 0 Å². The molecule has 13 heavy (non-hydrogen) atoms. The third-order valence-electron chi connectivity index (χ3n) is 2.57. The minimum atomic E-state index is 0.111. The molecule has 1 saturated carbocycles. The molecule has 70 valence electrons. The van der Waals surface area contributed by atoms with E-state index in [2.05, 4.69) is 31.2 Å². The minimum absolute atomic E-state index is 0.111. The van der Waals surface area contributed by atoms with Crippen LogP contribution in [0.4, 0.5) is 0 Å². The molecule has 2 rings (SSSR count). The highest BCUT2D eigenvalue weighted by Gasteiger charge is 2.32. The van der Waals surface area contributed by atoms with E-state index in [4.69, 9.17) is 10.7 Å². The normalized spacial score (nSPS) is 18.6. The quantitative estimate of drug-likeness (QED) is 0.719. The molecule has 1 aromatic rings. The summed E-state index contributed by atoms with van der Waals surface area (Å²) in [6.45, 7) is 2.09. The van der Waals surface area contributed by atoms with Crippen LogP contribution >= 0.6 is 0 Å². The monoisotopic (exact) mass is 177 g/mol. The van der Waals surface area contributed by atoms with Gasteiger partial charge in [-0.2, -0.15) is 0 Å². The molecule has 1 aliphatic carbocycles. The fraction of sp³-hybridized carbons (Fsp3) is 0.455. The molecule has 0 spiro atoms. The highest BCUT2D eigenvalue weighted by molar-refractivity contribution is 5.25. The van der Waals surface area contributed by atoms with Crippen molar-refractivity contribution in [2.45, 2.75) is 25.9 Å². The molecular formula is C11H15NO. The van der Waals surface area contributed by atoms with E-state index in [1.165, 1.54) is 24.0 Å². The minimum Gasteiger partial charge on any atom is -0.296 e. The molecule has 0 aliphatic heterocycles. The van der Waals surface area contributed by atoms with Crippen LogP contribution in [0.1, 0.15) is 30.1 Å². The number of rotatable bonds is 3. The molecule has 0 heterocycles. The zero-order chi connectivity index (χ0) is 9.26. The lowest BCUT2D eigenvalue weighted by Crippen LogP contribution is -2.11. The van der Waals surface area contributed by atoms with E-state index in [9.17, 15) is 0 Å². The number of hydrogen-bond acceptors (Lipinski definition) is 2. The number of aryl methyl sites for hydroxylation is 1. The third kappa shape index (κ3) is 1.90. The zero-order valence-corrected chi connectivity index (χ0v) is 7.86. The van der Waals surface area contributed by atoms with Gasteiger partial charge in [0.05, 0.1) is 0 Å². The average molecular weight is 177 g/mol. The summed E-state index contributed by atoms with van der Waals surface area (Å²) in [6, 6.07) is 8.38. The maximum Gasteiger partial charge on any atom is 0.106 e. The summed E-state index contributed by atoms with van der Waals surface area (Å²) in [5, 5.41) is 0. The van der Waals surface area contributed by atoms with Gasteiger partial charge < -0.3 is 0 Å². The van der Waals surface area contributed by atoms with Crippen molar-refractivity contribution in [1.29, 1.82) is 0 Å². The van der Waals surface area contributed by atoms with Gasteiger partial charge in [0.2, 0.25) is 0 Å². The molecule has 1 aromatic carbocycles. The van der Waals surface area contributed by atoms with E-state index in [1.54, 1.807) is 0 Å². The van der Waals surface area contributed by atoms with Crippen molar-refractivity contribution in [3.05, 3.63) is 35.4 Å². The zero-order valence-electron chi connectivity index (χ0n) is 7.86. The lowest BCUT2D eigenvalue weighted by Gasteiger charge is -2.14. The van der Waals surface area contributed by atoms with Gasteiger partial charge in [0.15, 0.2) is 0 Å². The fourth-order valence-electron chi connectivity index (χ4n) is 1.71. The van der Waals surface area contributed by atoms with Crippen molar-refractivity contribution < 1.29 is 4.84 Å². The third-order valence-corrected chi connectivity index (χ3v) is 2.57. The summed E-state index contributed by atoms with van der Waals surface area (Å²) < 4.78 is 0. The summed E-state index contributed by atoms with van der Waals surface area (Å²) in [4.78, 5) is 5.02. The summed E-state index contributed by atoms with van der Waals surface area (Å²) in [6.07, 6.45) is 2.60. The Morgan fingerprint density at radius 3 is 2.77 bits per heavy atom. The van der Waals surface area contributed by atoms with Gasteiger partial charge >= 0.3 is 0 Å². The van der Waals surface area contributed by atoms with Crippen molar-refractivity contribution in [2.75, 3.05) is 0 Å². The molecule has 1 aliphatic rings. The first-order chi connectivity index (χ1) is 6.31. The van der Waals surface area contributed by atoms with Crippen molar-refractivity contribution in [1.82, 2.24) is 0 Å². The van der Waals surface area contributed by atoms with Crippen LogP contribution in [0, 0.1) is 12.8 Å². The molecule has 0 amide bonds. The van der Waals surface area contributed by atoms with Gasteiger partial charge in [-0.1, -0.05) is 29.8 Å². The van der Waals surface area contributed by atoms with Crippen LogP contribution in [-0.4, -0.2) is 0 Å². The molecule has 1 unspecified atom stereocenters. The van der Waals surface area contributed by atoms with E-state index in [1.807, 2.05) is 0 Å². The summed E-state index contributed by atoms with van der Waals surface area (Å²) in [7, 11) is 0. The average Bonchev–Trinajstić information content (AvgIpc) is 2.90. The smallest absolute Gasteiger partial charge is 0.106 e. The topological polar surface area (TPSA) is 35.2 Å². The van der Waals surface area contributed by atoms with Crippen LogP contribution in [0.15, 0.2) is 24.3 Å². The summed E-state index contributed by atoms with van der Waals surface area (Å²) >= 11 is 0. The van der Waals surface area contributed by atoms with Crippen LogP contribution in [0.3, 0.4) is 0 Å². The highest BCUT2D eigenvalue weighted by Crippen LogP contribution is 2.42. The number of hydrogen-bond donors (Lipinski definition) is 1. The lowest BCUT2D eigenvalue weighted by molar-refractivity contribution is 0.0367. The van der Waals surface area contributed by atoms with Gasteiger partial charge in [-0.3, -0.25) is 4.84 Å². The second-order valence-electron chi connectivity index (χ2n) is 3.81. The lowest BCUT2D eigenvalue weighted by atomic mass is 10.0. The predicted molar refractivity (Wildman–Crippen MR) is 51.9 cm³/mol. The SMILES string of the molecule is Cc1cccc(C(ON)C2CC2)c1. The highest BCUT2D eigenvalue weighted by atomic mass is 16.6. The van der Waals surface area contributed by atoms with Gasteiger partial charge in [0.25, 0.3) is 0 Å². The van der Waals surface area contributed by atoms with Crippen LogP contribution in [0.5, 0.6) is 0 Å². The second-order valence-corrected chi connectivity index (χ2v) is 3.81. The Labute approximate surface area is 78.7 Å². The van der Waals surface area contributed by atoms with Crippen molar-refractivity contribution in [3.8, 4) is 0 Å². The van der Waals surface area contributed by atoms with E-state index in [-0.39, 0.29) is 6.10 Å². The Bertz CT molecular complexity index is 294. The van der Waals surface area contributed by atoms with E-state index < -0.39 is 0 Å². The molecule has 2 nitrogen and oxygen atoms in total. The first-order valence-corrected chi connectivity index (χ1v) is 4.73. The molecule has 0 saturated heterocycles. The molecule has 0 aromatic heterocycles. The molecular weight excluding hydrogens is 162 g/mol. The van der Waals surface area contributed by atoms with Gasteiger partial charge in [-0.05, 0) is 31.2 Å². The Balaban J connectivity index is 2.21. The first-order valence-electron chi connectivity index (χ1n) is 4.73. The Hall–Kier alpha value is -0.860. The maximum atomic E-state index is 5.30. The Morgan fingerprint density at radius 1 is 1.46 bits per heavy atom. The van der Waals surface area contributed by atoms with Crippen LogP contribution < -0.4 is 5.90 Å². The maximum absolute atomic E-state index is 5.30. The van der Waals surface area contributed by atoms with E-state index in [0.717, 1.165) is 0 Å². The molecule has 2 N–H and O–H groups in total. The molecule has 2 heteroatoms. The van der Waals surface area contributed by atoms with Gasteiger partial charge in [-0.25, -0.2) is 5.90 Å². The van der Waals surface area contributed by atoms with Crippen LogP contribution in [0.2, 0.25) is 0 Å². The molecule has 1 atom stereocenters. The number of benzene rings is 1. The van der Waals surface area contributed by atoms with Crippen molar-refractivity contribution in [2.24, 2.45) is 11.8 Å². The summed E-state index contributed by atoms with van der Waals surface area (Å²) in [5.74, 6) is 5.94. The Kier molecular flexibility index (Phi) is 2.34. The van der Waals surface area contributed by atoms with Crippen LogP contribution in [0.25, 0.3) is 0 Å². The van der Waals surface area contributed by atoms with Crippen molar-refractivity contribution in [3.63, 3.8) is 0 Å². The van der Waals surface area contributed by atoms with Gasteiger partial charge in [0, 0.05) is 0 Å². The molecule has 0 bridgehead atoms. The standard InChI is InChI=1S/C11H15NO/c1-8-3-2-4-10(7-8)11(13-12)9-5-6-9/h2-4,7,9,11H,5-6,12H2,1H3. The largest absolute Gasteiger partial charge is 0.296 e. The van der Waals surface area contributed by atoms with Crippen LogP contribution in [-0.2, 0) is 4.84 Å².